The first kappa shape index (κ1) is 14.6. The molecule has 18 heavy (non-hydrogen) atoms. The molecule has 1 rings (SSSR count). The first-order valence-electron chi connectivity index (χ1n) is 5.09. The molecule has 0 unspecified atom stereocenters. The van der Waals surface area contributed by atoms with Crippen molar-refractivity contribution in [3.63, 3.8) is 0 Å². The first-order valence-corrected chi connectivity index (χ1v) is 5.88. The topological polar surface area (TPSA) is 52.6 Å². The maximum atomic E-state index is 13.2. The van der Waals surface area contributed by atoms with Crippen LogP contribution < -0.4 is 10.2 Å². The van der Waals surface area contributed by atoms with Gasteiger partial charge in [-0.15, -0.1) is 0 Å². The second-order valence-corrected chi connectivity index (χ2v) is 5.39. The average Bonchev–Trinajstić information content (AvgIpc) is 2.30. The molecule has 1 aromatic rings. The maximum Gasteiger partial charge on any atom is 0.514 e. The molecule has 0 saturated carbocycles. The van der Waals surface area contributed by atoms with Crippen LogP contribution in [0.2, 0.25) is 0 Å². The standard InChI is InChI=1S/C12H12BrFO4/c1-12(2,3)18-11(16)17-9-6-7(13)4-5-8(14)10(9)15/h4-6H,1-3H3. The zero-order valence-electron chi connectivity index (χ0n) is 10.1. The summed E-state index contributed by atoms with van der Waals surface area (Å²) in [6.07, 6.45) is -1.06. The molecule has 0 N–H and O–H groups in total. The van der Waals surface area contributed by atoms with E-state index in [9.17, 15) is 14.0 Å². The van der Waals surface area contributed by atoms with Gasteiger partial charge in [-0.2, -0.15) is 0 Å². The first-order chi connectivity index (χ1) is 8.19. The van der Waals surface area contributed by atoms with Gasteiger partial charge in [0.15, 0.2) is 11.6 Å². The van der Waals surface area contributed by atoms with Gasteiger partial charge in [0.25, 0.3) is 5.43 Å². The molecule has 0 aliphatic carbocycles. The van der Waals surface area contributed by atoms with Crippen molar-refractivity contribution in [3.05, 3.63) is 38.7 Å². The Balaban J connectivity index is 3.03. The minimum absolute atomic E-state index is 0.405. The third-order valence-corrected chi connectivity index (χ3v) is 2.17. The number of hydrogen-bond donors (Lipinski definition) is 0. The predicted molar refractivity (Wildman–Crippen MR) is 67.2 cm³/mol. The van der Waals surface area contributed by atoms with E-state index in [0.717, 1.165) is 6.07 Å². The van der Waals surface area contributed by atoms with Crippen LogP contribution in [0.5, 0.6) is 5.75 Å². The van der Waals surface area contributed by atoms with Gasteiger partial charge in [0.05, 0.1) is 0 Å². The third kappa shape index (κ3) is 4.44. The molecule has 98 valence electrons. The van der Waals surface area contributed by atoms with Crippen LogP contribution in [-0.2, 0) is 4.74 Å². The molecule has 0 radical (unpaired) electrons. The summed E-state index contributed by atoms with van der Waals surface area (Å²) in [7, 11) is 0. The number of carbonyl (C=O) groups is 1. The molecule has 0 amide bonds. The summed E-state index contributed by atoms with van der Waals surface area (Å²) in [6, 6.07) is 3.52. The van der Waals surface area contributed by atoms with Gasteiger partial charge in [-0.25, -0.2) is 9.18 Å². The van der Waals surface area contributed by atoms with E-state index in [1.165, 1.54) is 12.1 Å². The SMILES string of the molecule is CC(C)(C)OC(=O)Oc1cc(Br)ccc(F)c1=O. The molecule has 0 spiro atoms. The summed E-state index contributed by atoms with van der Waals surface area (Å²) in [4.78, 5) is 22.9. The molecule has 0 atom stereocenters. The molecule has 0 saturated heterocycles. The number of hydrogen-bond acceptors (Lipinski definition) is 4. The Bertz CT molecular complexity index is 522. The average molecular weight is 319 g/mol. The Kier molecular flexibility index (Phi) is 4.45. The molecule has 0 aliphatic rings. The summed E-state index contributed by atoms with van der Waals surface area (Å²) in [5.41, 5.74) is -1.76. The quantitative estimate of drug-likeness (QED) is 0.746. The van der Waals surface area contributed by atoms with E-state index in [4.69, 9.17) is 9.47 Å². The lowest BCUT2D eigenvalue weighted by Gasteiger charge is -2.18. The lowest BCUT2D eigenvalue weighted by Crippen LogP contribution is -2.27. The molecular formula is C12H12BrFO4. The van der Waals surface area contributed by atoms with Gasteiger partial charge in [-0.1, -0.05) is 15.9 Å². The summed E-state index contributed by atoms with van der Waals surface area (Å²) < 4.78 is 23.2. The molecule has 0 aromatic heterocycles. The second kappa shape index (κ2) is 5.48. The fourth-order valence-electron chi connectivity index (χ4n) is 1.02. The van der Waals surface area contributed by atoms with Gasteiger partial charge >= 0.3 is 6.16 Å². The van der Waals surface area contributed by atoms with Gasteiger partial charge in [-0.3, -0.25) is 4.79 Å². The van der Waals surface area contributed by atoms with Crippen LogP contribution >= 0.6 is 15.9 Å². The van der Waals surface area contributed by atoms with Gasteiger partial charge in [0.1, 0.15) is 5.60 Å². The number of carbonyl (C=O) groups excluding carboxylic acids is 1. The molecule has 4 nitrogen and oxygen atoms in total. The van der Waals surface area contributed by atoms with Crippen molar-refractivity contribution in [3.8, 4) is 5.75 Å². The Morgan fingerprint density at radius 2 is 1.94 bits per heavy atom. The summed E-state index contributed by atoms with van der Waals surface area (Å²) in [6.45, 7) is 4.94. The van der Waals surface area contributed by atoms with E-state index in [-0.39, 0.29) is 0 Å². The Morgan fingerprint density at radius 3 is 2.50 bits per heavy atom. The normalized spacial score (nSPS) is 10.9. The lowest BCUT2D eigenvalue weighted by atomic mass is 10.2. The van der Waals surface area contributed by atoms with Crippen LogP contribution in [-0.4, -0.2) is 11.8 Å². The Labute approximate surface area is 112 Å². The highest BCUT2D eigenvalue weighted by Crippen LogP contribution is 2.15. The zero-order valence-corrected chi connectivity index (χ0v) is 11.7. The minimum Gasteiger partial charge on any atom is -0.428 e. The van der Waals surface area contributed by atoms with Crippen LogP contribution in [0.4, 0.5) is 9.18 Å². The van der Waals surface area contributed by atoms with Crippen molar-refractivity contribution in [2.75, 3.05) is 0 Å². The fraction of sp³-hybridized carbons (Fsp3) is 0.333. The van der Waals surface area contributed by atoms with Crippen molar-refractivity contribution < 1.29 is 18.7 Å². The molecule has 0 aliphatic heterocycles. The van der Waals surface area contributed by atoms with E-state index in [1.807, 2.05) is 0 Å². The highest BCUT2D eigenvalue weighted by molar-refractivity contribution is 9.10. The third-order valence-electron chi connectivity index (χ3n) is 1.68. The monoisotopic (exact) mass is 318 g/mol. The van der Waals surface area contributed by atoms with Crippen LogP contribution in [0.25, 0.3) is 0 Å². The number of halogens is 2. The van der Waals surface area contributed by atoms with Crippen LogP contribution in [0.15, 0.2) is 27.5 Å². The number of rotatable bonds is 1. The van der Waals surface area contributed by atoms with Gasteiger partial charge in [0, 0.05) is 4.47 Å². The lowest BCUT2D eigenvalue weighted by molar-refractivity contribution is 0.0204. The highest BCUT2D eigenvalue weighted by Gasteiger charge is 2.19. The number of ether oxygens (including phenoxy) is 2. The molecule has 0 heterocycles. The molecule has 0 bridgehead atoms. The largest absolute Gasteiger partial charge is 0.514 e. The van der Waals surface area contributed by atoms with Crippen molar-refractivity contribution >= 4 is 22.1 Å². The summed E-state index contributed by atoms with van der Waals surface area (Å²) in [5, 5.41) is 0. The predicted octanol–water partition coefficient (Wildman–Crippen LogP) is 3.26. The summed E-state index contributed by atoms with van der Waals surface area (Å²) >= 11 is 3.07. The van der Waals surface area contributed by atoms with Crippen molar-refractivity contribution in [1.82, 2.24) is 0 Å². The van der Waals surface area contributed by atoms with Crippen molar-refractivity contribution in [2.24, 2.45) is 0 Å². The Hall–Kier alpha value is -1.43. The van der Waals surface area contributed by atoms with Gasteiger partial charge in [0.2, 0.25) is 0 Å². The molecule has 0 fully saturated rings. The van der Waals surface area contributed by atoms with E-state index >= 15 is 0 Å². The van der Waals surface area contributed by atoms with E-state index < -0.39 is 28.8 Å². The minimum atomic E-state index is -1.06. The molecule has 1 aromatic carbocycles. The van der Waals surface area contributed by atoms with Gasteiger partial charge in [-0.05, 0) is 39.0 Å². The van der Waals surface area contributed by atoms with Gasteiger partial charge < -0.3 is 9.47 Å². The van der Waals surface area contributed by atoms with Crippen molar-refractivity contribution in [1.29, 1.82) is 0 Å². The second-order valence-electron chi connectivity index (χ2n) is 4.47. The van der Waals surface area contributed by atoms with Crippen LogP contribution in [0.1, 0.15) is 20.8 Å². The summed E-state index contributed by atoms with van der Waals surface area (Å²) in [5.74, 6) is -1.45. The van der Waals surface area contributed by atoms with Crippen LogP contribution in [0.3, 0.4) is 0 Å². The maximum absolute atomic E-state index is 13.2. The van der Waals surface area contributed by atoms with Crippen LogP contribution in [0, 0.1) is 5.82 Å². The smallest absolute Gasteiger partial charge is 0.428 e. The van der Waals surface area contributed by atoms with E-state index in [1.54, 1.807) is 20.8 Å². The van der Waals surface area contributed by atoms with E-state index in [0.29, 0.717) is 4.47 Å². The van der Waals surface area contributed by atoms with E-state index in [2.05, 4.69) is 15.9 Å². The fourth-order valence-corrected chi connectivity index (χ4v) is 1.36. The molecule has 6 heteroatoms. The van der Waals surface area contributed by atoms with Crippen molar-refractivity contribution in [2.45, 2.75) is 26.4 Å². The highest BCUT2D eigenvalue weighted by atomic mass is 79.9. The Morgan fingerprint density at radius 1 is 1.33 bits per heavy atom. The molecular weight excluding hydrogens is 307 g/mol. The zero-order chi connectivity index (χ0) is 13.9.